The van der Waals surface area contributed by atoms with Gasteiger partial charge in [-0.25, -0.2) is 9.97 Å². The molecule has 8 aromatic rings. The molecule has 3 saturated carbocycles. The zero-order valence-electron chi connectivity index (χ0n) is 43.4. The van der Waals surface area contributed by atoms with E-state index in [0.717, 1.165) is 59.0 Å². The molecule has 5 aromatic heterocycles. The van der Waals surface area contributed by atoms with Gasteiger partial charge in [-0.1, -0.05) is 98.2 Å². The van der Waals surface area contributed by atoms with Gasteiger partial charge < -0.3 is 14.7 Å². The monoisotopic (exact) mass is 1320 g/mol. The van der Waals surface area contributed by atoms with Crippen LogP contribution in [0.1, 0.15) is 162 Å². The number of nitrogens with one attached hydrogen (secondary N) is 1. The lowest BCUT2D eigenvalue weighted by Gasteiger charge is -2.29. The van der Waals surface area contributed by atoms with Gasteiger partial charge in [0.05, 0.1) is 34.9 Å². The van der Waals surface area contributed by atoms with Crippen molar-refractivity contribution in [2.75, 3.05) is 11.9 Å². The van der Waals surface area contributed by atoms with Crippen molar-refractivity contribution in [2.24, 2.45) is 17.8 Å². The first-order chi connectivity index (χ1) is 35.8. The third kappa shape index (κ3) is 17.6. The maximum atomic E-state index is 9.21. The van der Waals surface area contributed by atoms with Gasteiger partial charge in [0.1, 0.15) is 0 Å². The number of rotatable bonds is 9. The predicted octanol–water partition coefficient (Wildman–Crippen LogP) is 18.6. The molecule has 2 N–H and O–H groups in total. The van der Waals surface area contributed by atoms with Crippen LogP contribution in [-0.2, 0) is 6.54 Å². The van der Waals surface area contributed by atoms with Gasteiger partial charge in [0, 0.05) is 71.3 Å². The summed E-state index contributed by atoms with van der Waals surface area (Å²) < 4.78 is 2.04. The van der Waals surface area contributed by atoms with E-state index in [4.69, 9.17) is 0 Å². The molecule has 394 valence electrons. The summed E-state index contributed by atoms with van der Waals surface area (Å²) in [7, 11) is 0. The van der Waals surface area contributed by atoms with E-state index in [1.165, 1.54) is 108 Å². The molecule has 13 heteroatoms. The van der Waals surface area contributed by atoms with Gasteiger partial charge in [-0.3, -0.25) is 15.0 Å². The average molecular weight is 1320 g/mol. The Morgan fingerprint density at radius 2 is 0.959 bits per heavy atom. The molecule has 5 heterocycles. The number of halogens is 5. The smallest absolute Gasteiger partial charge is 0.189 e. The van der Waals surface area contributed by atoms with Gasteiger partial charge >= 0.3 is 0 Å². The second-order valence-corrected chi connectivity index (χ2v) is 32.8. The molecule has 3 fully saturated rings. The van der Waals surface area contributed by atoms with Crippen LogP contribution in [-0.4, -0.2) is 52.6 Å². The Morgan fingerprint density at radius 3 is 1.30 bits per heavy atom. The zero-order chi connectivity index (χ0) is 52.5. The summed E-state index contributed by atoms with van der Waals surface area (Å²) in [6, 6.07) is 32.1. The maximum absolute atomic E-state index is 9.21. The van der Waals surface area contributed by atoms with Crippen LogP contribution < -0.4 is 0 Å². The Morgan fingerprint density at radius 1 is 0.554 bits per heavy atom. The molecule has 3 aliphatic rings. The Kier molecular flexibility index (Phi) is 23.2. The molecule has 74 heavy (non-hydrogen) atoms. The number of benzene rings is 3. The Bertz CT molecular complexity index is 2760. The molecule has 0 amide bonds. The van der Waals surface area contributed by atoms with Crippen LogP contribution in [0.4, 0.5) is 0 Å². The van der Waals surface area contributed by atoms with Crippen LogP contribution in [0.15, 0.2) is 135 Å². The van der Waals surface area contributed by atoms with Crippen LogP contribution in [0, 0.1) is 17.8 Å². The van der Waals surface area contributed by atoms with Crippen LogP contribution in [0.3, 0.4) is 0 Å². The molecule has 0 atom stereocenters. The molecule has 0 aliphatic heterocycles. The molecule has 3 aromatic carbocycles. The Hall–Kier alpha value is -3.33. The fourth-order valence-corrected chi connectivity index (χ4v) is 11.7. The Balaban J connectivity index is 0.000000146. The SMILES string of the molecule is BrC(Br)(Br)Br.BrCC1CCC(c2ccnc3ccccc23)CC1.CC(C)c1cn(CC2CCC(c3ccnc4ccccc34)CC2)cn1.CC(C)c1cnc[nH]1.OCC1CCC(c2ccnc3ccccc23)CC1. The van der Waals surface area contributed by atoms with Crippen molar-refractivity contribution in [3.8, 4) is 0 Å². The summed E-state index contributed by atoms with van der Waals surface area (Å²) in [5, 5.41) is 14.4. The number of aliphatic hydroxyl groups excluding tert-OH is 1. The number of nitrogens with zero attached hydrogens (tertiary/aromatic N) is 6. The lowest BCUT2D eigenvalue weighted by atomic mass is 9.78. The third-order valence-electron chi connectivity index (χ3n) is 15.2. The summed E-state index contributed by atoms with van der Waals surface area (Å²) in [5.41, 5.74) is 10.2. The quantitative estimate of drug-likeness (QED) is 0.140. The first-order valence-corrected chi connectivity index (χ1v) is 31.0. The van der Waals surface area contributed by atoms with E-state index in [0.29, 0.717) is 36.2 Å². The normalized spacial score (nSPS) is 20.9. The van der Waals surface area contributed by atoms with Gasteiger partial charge in [0.2, 0.25) is 0 Å². The van der Waals surface area contributed by atoms with E-state index < -0.39 is 0 Å². The van der Waals surface area contributed by atoms with Gasteiger partial charge in [0.25, 0.3) is 0 Å². The van der Waals surface area contributed by atoms with Crippen molar-refractivity contribution < 1.29 is 5.11 Å². The molecule has 0 unspecified atom stereocenters. The molecular formula is C61H74Br5N7O. The second-order valence-electron chi connectivity index (χ2n) is 21.0. The van der Waals surface area contributed by atoms with Crippen molar-refractivity contribution in [1.82, 2.24) is 34.5 Å². The predicted molar refractivity (Wildman–Crippen MR) is 328 cm³/mol. The largest absolute Gasteiger partial charge is 0.396 e. The van der Waals surface area contributed by atoms with Crippen molar-refractivity contribution in [3.05, 3.63) is 163 Å². The molecule has 0 bridgehead atoms. The summed E-state index contributed by atoms with van der Waals surface area (Å²) >= 11 is 16.1. The lowest BCUT2D eigenvalue weighted by molar-refractivity contribution is 0.182. The average Bonchev–Trinajstić information content (AvgIpc) is 4.16. The van der Waals surface area contributed by atoms with Crippen molar-refractivity contribution >= 4 is 112 Å². The maximum Gasteiger partial charge on any atom is 0.189 e. The zero-order valence-corrected chi connectivity index (χ0v) is 51.4. The minimum absolute atomic E-state index is 0.250. The van der Waals surface area contributed by atoms with E-state index in [-0.39, 0.29) is 1.05 Å². The van der Waals surface area contributed by atoms with Crippen molar-refractivity contribution in [2.45, 2.75) is 142 Å². The van der Waals surface area contributed by atoms with E-state index in [1.54, 1.807) is 6.33 Å². The highest BCUT2D eigenvalue weighted by molar-refractivity contribution is 9.52. The van der Waals surface area contributed by atoms with Gasteiger partial charge in [-0.05, 0) is 241 Å². The minimum atomic E-state index is -0.250. The van der Waals surface area contributed by atoms with E-state index in [2.05, 4.69) is 233 Å². The van der Waals surface area contributed by atoms with Crippen LogP contribution in [0.5, 0.6) is 0 Å². The van der Waals surface area contributed by atoms with E-state index in [9.17, 15) is 5.11 Å². The minimum Gasteiger partial charge on any atom is -0.396 e. The number of hydrogen-bond acceptors (Lipinski definition) is 6. The molecule has 11 rings (SSSR count). The highest BCUT2D eigenvalue weighted by atomic mass is 80.0. The number of aromatic nitrogens is 7. The highest BCUT2D eigenvalue weighted by Crippen LogP contribution is 2.42. The Labute approximate surface area is 482 Å². The van der Waals surface area contributed by atoms with Crippen molar-refractivity contribution in [3.63, 3.8) is 0 Å². The number of pyridine rings is 3. The molecule has 3 aliphatic carbocycles. The van der Waals surface area contributed by atoms with Crippen LogP contribution >= 0.6 is 79.6 Å². The first kappa shape index (κ1) is 58.4. The van der Waals surface area contributed by atoms with E-state index in [1.807, 2.05) is 37.2 Å². The number of aliphatic hydroxyl groups is 1. The number of H-pyrrole nitrogens is 1. The summed E-state index contributed by atoms with van der Waals surface area (Å²) in [6.45, 7) is 10.1. The number of hydrogen-bond donors (Lipinski definition) is 2. The lowest BCUT2D eigenvalue weighted by Crippen LogP contribution is -2.18. The highest BCUT2D eigenvalue weighted by Gasteiger charge is 2.26. The number of para-hydroxylation sites is 3. The van der Waals surface area contributed by atoms with Crippen molar-refractivity contribution in [1.29, 1.82) is 0 Å². The molecular weight excluding hydrogens is 1250 g/mol. The fourth-order valence-electron chi connectivity index (χ4n) is 11.0. The number of alkyl halides is 5. The summed E-state index contributed by atoms with van der Waals surface area (Å²) in [6.07, 6.45) is 28.9. The fraction of sp³-hybridized carbons (Fsp3) is 0.459. The van der Waals surface area contributed by atoms with Crippen LogP contribution in [0.25, 0.3) is 32.7 Å². The third-order valence-corrected chi connectivity index (χ3v) is 16.2. The molecule has 0 radical (unpaired) electrons. The standard InChI is InChI=1S/C22H27N3.C16H18BrN.C16H19NO.C6H10N2.CBr4/c1-16(2)22-14-25(15-24-22)13-17-7-9-18(10-8-17)19-11-12-23-21-6-4-3-5-20(19)21;17-11-12-5-7-13(8-6-12)14-9-10-18-16-4-2-1-3-15(14)16;18-11-12-5-7-13(8-6-12)14-9-10-17-16-4-2-1-3-15(14)16;1-5(2)6-3-7-4-8-6;2-1(3,4)5/h3-6,11-12,14-18H,7-10,13H2,1-2H3;1-4,9-10,12-13H,5-8,11H2;1-4,9-10,12-13,18H,5-8,11H2;3-5H,1-2H3,(H,7,8);. The van der Waals surface area contributed by atoms with Gasteiger partial charge in [-0.15, -0.1) is 0 Å². The summed E-state index contributed by atoms with van der Waals surface area (Å²) in [5.74, 6) is 5.31. The summed E-state index contributed by atoms with van der Waals surface area (Å²) in [4.78, 5) is 24.8. The number of aromatic amines is 1. The van der Waals surface area contributed by atoms with Crippen LogP contribution in [0.2, 0.25) is 0 Å². The molecule has 0 spiro atoms. The second kappa shape index (κ2) is 29.4. The number of fused-ring (bicyclic) bond motifs is 3. The van der Waals surface area contributed by atoms with Gasteiger partial charge in [-0.2, -0.15) is 0 Å². The van der Waals surface area contributed by atoms with Gasteiger partial charge in [0.15, 0.2) is 1.05 Å². The topological polar surface area (TPSA) is 105 Å². The first-order valence-electron chi connectivity index (χ1n) is 26.7. The molecule has 8 nitrogen and oxygen atoms in total. The molecule has 0 saturated heterocycles. The van der Waals surface area contributed by atoms with E-state index >= 15 is 0 Å². The number of imidazole rings is 2.